The molecule has 2 N–H and O–H groups in total. The van der Waals surface area contributed by atoms with Crippen LogP contribution in [0.2, 0.25) is 0 Å². The van der Waals surface area contributed by atoms with E-state index in [-0.39, 0.29) is 0 Å². The first-order valence-electron chi connectivity index (χ1n) is 5.60. The number of aromatic nitrogens is 2. The Morgan fingerprint density at radius 3 is 2.39 bits per heavy atom. The summed E-state index contributed by atoms with van der Waals surface area (Å²) in [6.45, 7) is 11.0. The second kappa shape index (κ2) is 4.46. The maximum Gasteiger partial charge on any atom is 0.252 e. The molecule has 1 aromatic heterocycles. The summed E-state index contributed by atoms with van der Waals surface area (Å²) >= 11 is 0. The van der Waals surface area contributed by atoms with Gasteiger partial charge in [0.15, 0.2) is 0 Å². The molecule has 0 atom stereocenters. The topological polar surface area (TPSA) is 56.2 Å². The van der Waals surface area contributed by atoms with Gasteiger partial charge in [0.1, 0.15) is 5.82 Å². The zero-order valence-corrected chi connectivity index (χ0v) is 10.4. The van der Waals surface area contributed by atoms with Crippen molar-refractivity contribution in [3.63, 3.8) is 0 Å². The minimum absolute atomic E-state index is 0.401. The monoisotopic (exact) mass is 238 g/mol. The van der Waals surface area contributed by atoms with Gasteiger partial charge in [0.05, 0.1) is 18.1 Å². The van der Waals surface area contributed by atoms with Gasteiger partial charge in [-0.1, -0.05) is 24.3 Å². The van der Waals surface area contributed by atoms with Gasteiger partial charge in [-0.25, -0.2) is 11.6 Å². The largest absolute Gasteiger partial charge is 0.382 e. The Morgan fingerprint density at radius 2 is 1.83 bits per heavy atom. The van der Waals surface area contributed by atoms with E-state index in [4.69, 9.17) is 12.3 Å². The highest BCUT2D eigenvalue weighted by molar-refractivity contribution is 5.60. The highest BCUT2D eigenvalue weighted by Gasteiger charge is 2.25. The Balaban J connectivity index is 2.37. The van der Waals surface area contributed by atoms with Crippen LogP contribution < -0.4 is 5.73 Å². The average molecular weight is 238 g/mol. The zero-order chi connectivity index (χ0) is 13.2. The molecule has 18 heavy (non-hydrogen) atoms. The van der Waals surface area contributed by atoms with Crippen molar-refractivity contribution in [1.29, 1.82) is 0 Å². The number of anilines is 1. The summed E-state index contributed by atoms with van der Waals surface area (Å²) < 4.78 is 0. The predicted molar refractivity (Wildman–Crippen MR) is 71.5 cm³/mol. The Bertz CT molecular complexity index is 594. The number of benzene rings is 1. The van der Waals surface area contributed by atoms with E-state index in [1.54, 1.807) is 6.20 Å². The lowest BCUT2D eigenvalue weighted by Gasteiger charge is -2.11. The van der Waals surface area contributed by atoms with E-state index in [0.717, 1.165) is 16.8 Å². The summed E-state index contributed by atoms with van der Waals surface area (Å²) in [5, 5.41) is 0. The fourth-order valence-electron chi connectivity index (χ4n) is 1.63. The van der Waals surface area contributed by atoms with E-state index in [1.165, 1.54) is 6.20 Å². The van der Waals surface area contributed by atoms with Gasteiger partial charge in [0.25, 0.3) is 5.54 Å². The average Bonchev–Trinajstić information content (AvgIpc) is 2.39. The molecule has 0 aliphatic rings. The van der Waals surface area contributed by atoms with Crippen molar-refractivity contribution in [3.8, 4) is 11.3 Å². The first-order valence-corrected chi connectivity index (χ1v) is 5.60. The second-order valence-corrected chi connectivity index (χ2v) is 4.58. The van der Waals surface area contributed by atoms with Crippen molar-refractivity contribution in [2.24, 2.45) is 0 Å². The number of rotatable bonds is 2. The number of nitrogen functional groups attached to an aromatic ring is 1. The first-order chi connectivity index (χ1) is 8.53. The van der Waals surface area contributed by atoms with Gasteiger partial charge in [0, 0.05) is 25.0 Å². The van der Waals surface area contributed by atoms with E-state index in [1.807, 2.05) is 38.1 Å². The summed E-state index contributed by atoms with van der Waals surface area (Å²) in [6.07, 6.45) is 3.19. The lowest BCUT2D eigenvalue weighted by molar-refractivity contribution is 0.664. The van der Waals surface area contributed by atoms with E-state index < -0.39 is 5.54 Å². The second-order valence-electron chi connectivity index (χ2n) is 4.58. The van der Waals surface area contributed by atoms with Crippen molar-refractivity contribution >= 4 is 5.82 Å². The van der Waals surface area contributed by atoms with Crippen LogP contribution in [-0.2, 0) is 5.54 Å². The summed E-state index contributed by atoms with van der Waals surface area (Å²) in [5.41, 5.74) is 7.77. The Hall–Kier alpha value is -2.41. The molecule has 0 aliphatic carbocycles. The molecule has 2 aromatic rings. The molecule has 0 unspecified atom stereocenters. The van der Waals surface area contributed by atoms with Crippen LogP contribution in [0.4, 0.5) is 5.82 Å². The number of hydrogen-bond donors (Lipinski definition) is 1. The van der Waals surface area contributed by atoms with E-state index in [2.05, 4.69) is 14.8 Å². The molecule has 0 aliphatic heterocycles. The third-order valence-corrected chi connectivity index (χ3v) is 2.82. The van der Waals surface area contributed by atoms with Crippen LogP contribution in [0.5, 0.6) is 0 Å². The maximum atomic E-state index is 7.17. The Labute approximate surface area is 106 Å². The molecule has 0 saturated heterocycles. The Kier molecular flexibility index (Phi) is 2.99. The van der Waals surface area contributed by atoms with Gasteiger partial charge >= 0.3 is 0 Å². The van der Waals surface area contributed by atoms with Crippen LogP contribution in [0.3, 0.4) is 0 Å². The molecule has 0 saturated carbocycles. The van der Waals surface area contributed by atoms with Crippen LogP contribution in [-0.4, -0.2) is 9.97 Å². The summed E-state index contributed by atoms with van der Waals surface area (Å²) in [4.78, 5) is 11.8. The summed E-state index contributed by atoms with van der Waals surface area (Å²) in [5.74, 6) is 0.401. The molecular formula is C14H14N4. The van der Waals surface area contributed by atoms with Gasteiger partial charge in [-0.2, -0.15) is 0 Å². The van der Waals surface area contributed by atoms with E-state index in [0.29, 0.717) is 5.82 Å². The normalized spacial score (nSPS) is 10.9. The molecule has 0 spiro atoms. The SMILES string of the molecule is [C-]#[N+]C(C)(C)c1ccc(-c2cncc(N)n2)cc1. The van der Waals surface area contributed by atoms with Crippen molar-refractivity contribution < 1.29 is 0 Å². The van der Waals surface area contributed by atoms with Gasteiger partial charge in [-0.3, -0.25) is 4.98 Å². The molecule has 2 rings (SSSR count). The molecule has 1 heterocycles. The number of nitrogens with two attached hydrogens (primary N) is 1. The molecule has 90 valence electrons. The highest BCUT2D eigenvalue weighted by Crippen LogP contribution is 2.26. The van der Waals surface area contributed by atoms with Crippen LogP contribution in [0, 0.1) is 6.57 Å². The standard InChI is InChI=1S/C14H14N4/c1-14(2,16-3)11-6-4-10(5-7-11)12-8-17-9-13(15)18-12/h4-9H,1-2H3,(H2,15,18). The van der Waals surface area contributed by atoms with Crippen molar-refractivity contribution in [2.45, 2.75) is 19.4 Å². The molecule has 0 amide bonds. The number of nitrogens with zero attached hydrogens (tertiary/aromatic N) is 3. The molecule has 0 radical (unpaired) electrons. The molecule has 4 heteroatoms. The van der Waals surface area contributed by atoms with Gasteiger partial charge in [-0.05, 0) is 0 Å². The van der Waals surface area contributed by atoms with Gasteiger partial charge in [-0.15, -0.1) is 0 Å². The molecule has 1 aromatic carbocycles. The van der Waals surface area contributed by atoms with Crippen LogP contribution in [0.15, 0.2) is 36.7 Å². The van der Waals surface area contributed by atoms with Gasteiger partial charge in [0.2, 0.25) is 0 Å². The summed E-state index contributed by atoms with van der Waals surface area (Å²) in [6, 6.07) is 7.76. The third kappa shape index (κ3) is 2.30. The zero-order valence-electron chi connectivity index (χ0n) is 10.4. The third-order valence-electron chi connectivity index (χ3n) is 2.82. The Morgan fingerprint density at radius 1 is 1.17 bits per heavy atom. The van der Waals surface area contributed by atoms with E-state index >= 15 is 0 Å². The van der Waals surface area contributed by atoms with Crippen LogP contribution in [0.1, 0.15) is 19.4 Å². The van der Waals surface area contributed by atoms with Crippen molar-refractivity contribution in [2.75, 3.05) is 5.73 Å². The van der Waals surface area contributed by atoms with Crippen molar-refractivity contribution in [1.82, 2.24) is 9.97 Å². The molecule has 4 nitrogen and oxygen atoms in total. The highest BCUT2D eigenvalue weighted by atomic mass is 14.9. The maximum absolute atomic E-state index is 7.17. The van der Waals surface area contributed by atoms with Crippen LogP contribution in [0.25, 0.3) is 16.1 Å². The first kappa shape index (κ1) is 12.1. The van der Waals surface area contributed by atoms with Crippen molar-refractivity contribution in [3.05, 3.63) is 53.6 Å². The minimum Gasteiger partial charge on any atom is -0.382 e. The lowest BCUT2D eigenvalue weighted by atomic mass is 9.94. The quantitative estimate of drug-likeness (QED) is 0.818. The predicted octanol–water partition coefficient (Wildman–Crippen LogP) is 2.88. The minimum atomic E-state index is -0.500. The molecule has 0 bridgehead atoms. The summed E-state index contributed by atoms with van der Waals surface area (Å²) in [7, 11) is 0. The molecular weight excluding hydrogens is 224 g/mol. The fourth-order valence-corrected chi connectivity index (χ4v) is 1.63. The lowest BCUT2D eigenvalue weighted by Crippen LogP contribution is -2.10. The van der Waals surface area contributed by atoms with Crippen LogP contribution >= 0.6 is 0 Å². The molecule has 0 fully saturated rings. The fraction of sp³-hybridized carbons (Fsp3) is 0.214. The number of hydrogen-bond acceptors (Lipinski definition) is 3. The van der Waals surface area contributed by atoms with E-state index in [9.17, 15) is 0 Å². The smallest absolute Gasteiger partial charge is 0.252 e. The van der Waals surface area contributed by atoms with Gasteiger partial charge < -0.3 is 10.6 Å².